The molecule has 1 aromatic rings. The van der Waals surface area contributed by atoms with Crippen LogP contribution in [0.25, 0.3) is 0 Å². The molecule has 1 aliphatic heterocycles. The van der Waals surface area contributed by atoms with Gasteiger partial charge in [-0.3, -0.25) is 5.32 Å². The van der Waals surface area contributed by atoms with Gasteiger partial charge in [-0.25, -0.2) is 9.59 Å². The highest BCUT2D eigenvalue weighted by Gasteiger charge is 2.30. The summed E-state index contributed by atoms with van der Waals surface area (Å²) in [5, 5.41) is 12.0. The van der Waals surface area contributed by atoms with E-state index in [0.717, 1.165) is 18.0 Å². The number of anilines is 1. The Morgan fingerprint density at radius 2 is 2.19 bits per heavy atom. The Labute approximate surface area is 126 Å². The van der Waals surface area contributed by atoms with Crippen LogP contribution in [0.15, 0.2) is 0 Å². The highest BCUT2D eigenvalue weighted by Crippen LogP contribution is 2.34. The molecule has 1 amide bonds. The van der Waals surface area contributed by atoms with Gasteiger partial charge in [0, 0.05) is 12.5 Å². The van der Waals surface area contributed by atoms with Crippen LogP contribution in [-0.4, -0.2) is 40.4 Å². The van der Waals surface area contributed by atoms with E-state index in [1.54, 1.807) is 20.8 Å². The van der Waals surface area contributed by atoms with E-state index < -0.39 is 17.7 Å². The van der Waals surface area contributed by atoms with Crippen LogP contribution < -0.4 is 5.32 Å². The lowest BCUT2D eigenvalue weighted by Gasteiger charge is -2.19. The fourth-order valence-electron chi connectivity index (χ4n) is 2.02. The SMILES string of the molecule is CC(C)(C)OC(=O)Nc1snc(C2CCOC2)c1C(=O)O. The summed E-state index contributed by atoms with van der Waals surface area (Å²) in [6.07, 6.45) is 0.0402. The van der Waals surface area contributed by atoms with Gasteiger partial charge in [0.25, 0.3) is 0 Å². The van der Waals surface area contributed by atoms with Gasteiger partial charge in [0.2, 0.25) is 0 Å². The van der Waals surface area contributed by atoms with Crippen LogP contribution in [0.2, 0.25) is 0 Å². The zero-order chi connectivity index (χ0) is 15.6. The van der Waals surface area contributed by atoms with Gasteiger partial charge in [-0.15, -0.1) is 0 Å². The third kappa shape index (κ3) is 3.92. The Balaban J connectivity index is 2.20. The number of ether oxygens (including phenoxy) is 2. The predicted octanol–water partition coefficient (Wildman–Crippen LogP) is 2.69. The van der Waals surface area contributed by atoms with Crippen LogP contribution in [0.4, 0.5) is 9.80 Å². The van der Waals surface area contributed by atoms with Crippen molar-refractivity contribution >= 4 is 28.6 Å². The predicted molar refractivity (Wildman–Crippen MR) is 77.1 cm³/mol. The van der Waals surface area contributed by atoms with Crippen molar-refractivity contribution in [1.29, 1.82) is 0 Å². The topological polar surface area (TPSA) is 97.8 Å². The molecule has 8 heteroatoms. The van der Waals surface area contributed by atoms with E-state index in [-0.39, 0.29) is 16.5 Å². The average Bonchev–Trinajstić information content (AvgIpc) is 2.93. The number of aromatic carboxylic acids is 1. The van der Waals surface area contributed by atoms with Gasteiger partial charge in [-0.1, -0.05) is 0 Å². The molecule has 0 aliphatic carbocycles. The third-order valence-corrected chi connectivity index (χ3v) is 3.64. The maximum absolute atomic E-state index is 11.8. The number of carboxylic acids is 1. The molecule has 7 nitrogen and oxygen atoms in total. The van der Waals surface area contributed by atoms with Crippen molar-refractivity contribution in [3.05, 3.63) is 11.3 Å². The smallest absolute Gasteiger partial charge is 0.412 e. The minimum absolute atomic E-state index is 0.0290. The van der Waals surface area contributed by atoms with Crippen LogP contribution in [-0.2, 0) is 9.47 Å². The molecule has 1 aliphatic rings. The largest absolute Gasteiger partial charge is 0.478 e. The number of carbonyl (C=O) groups excluding carboxylic acids is 1. The average molecular weight is 314 g/mol. The molecule has 0 radical (unpaired) electrons. The van der Waals surface area contributed by atoms with Gasteiger partial charge in [-0.05, 0) is 38.7 Å². The van der Waals surface area contributed by atoms with Crippen LogP contribution in [0.3, 0.4) is 0 Å². The van der Waals surface area contributed by atoms with Gasteiger partial charge in [0.15, 0.2) is 0 Å². The summed E-state index contributed by atoms with van der Waals surface area (Å²) >= 11 is 0.947. The van der Waals surface area contributed by atoms with E-state index in [0.29, 0.717) is 18.9 Å². The summed E-state index contributed by atoms with van der Waals surface area (Å²) < 4.78 is 14.6. The fraction of sp³-hybridized carbons (Fsp3) is 0.615. The first-order valence-corrected chi connectivity index (χ1v) is 7.36. The van der Waals surface area contributed by atoms with Crippen molar-refractivity contribution in [3.8, 4) is 0 Å². The molecule has 1 atom stereocenters. The summed E-state index contributed by atoms with van der Waals surface area (Å²) in [4.78, 5) is 23.2. The lowest BCUT2D eigenvalue weighted by atomic mass is 10.0. The number of carbonyl (C=O) groups is 2. The van der Waals surface area contributed by atoms with Crippen LogP contribution in [0, 0.1) is 0 Å². The Bertz CT molecular complexity index is 543. The molecule has 2 rings (SSSR count). The Morgan fingerprint density at radius 1 is 1.48 bits per heavy atom. The van der Waals surface area contributed by atoms with Gasteiger partial charge < -0.3 is 14.6 Å². The molecule has 1 saturated heterocycles. The molecule has 1 aromatic heterocycles. The lowest BCUT2D eigenvalue weighted by molar-refractivity contribution is 0.0636. The molecule has 2 heterocycles. The van der Waals surface area contributed by atoms with E-state index in [2.05, 4.69) is 9.69 Å². The normalized spacial score (nSPS) is 18.5. The van der Waals surface area contributed by atoms with Crippen LogP contribution in [0.5, 0.6) is 0 Å². The molecule has 1 unspecified atom stereocenters. The number of aromatic nitrogens is 1. The molecule has 0 aromatic carbocycles. The first kappa shape index (κ1) is 15.7. The summed E-state index contributed by atoms with van der Waals surface area (Å²) in [6.45, 7) is 6.25. The molecular formula is C13H18N2O5S. The number of amides is 1. The van der Waals surface area contributed by atoms with E-state index in [1.165, 1.54) is 0 Å². The van der Waals surface area contributed by atoms with Crippen molar-refractivity contribution in [2.45, 2.75) is 38.7 Å². The fourth-order valence-corrected chi connectivity index (χ4v) is 2.86. The Morgan fingerprint density at radius 3 is 2.71 bits per heavy atom. The van der Waals surface area contributed by atoms with Gasteiger partial charge in [0.1, 0.15) is 16.2 Å². The van der Waals surface area contributed by atoms with E-state index in [9.17, 15) is 14.7 Å². The minimum Gasteiger partial charge on any atom is -0.478 e. The quantitative estimate of drug-likeness (QED) is 0.890. The number of carboxylic acid groups (broad SMARTS) is 1. The third-order valence-electron chi connectivity index (χ3n) is 2.86. The molecule has 0 saturated carbocycles. The number of hydrogen-bond donors (Lipinski definition) is 2. The second kappa shape index (κ2) is 5.98. The van der Waals surface area contributed by atoms with E-state index in [1.807, 2.05) is 0 Å². The Hall–Kier alpha value is -1.67. The Kier molecular flexibility index (Phi) is 4.48. The first-order chi connectivity index (χ1) is 9.78. The zero-order valence-corrected chi connectivity index (χ0v) is 13.0. The van der Waals surface area contributed by atoms with E-state index in [4.69, 9.17) is 9.47 Å². The molecular weight excluding hydrogens is 296 g/mol. The number of rotatable bonds is 3. The molecule has 116 valence electrons. The minimum atomic E-state index is -1.11. The lowest BCUT2D eigenvalue weighted by Crippen LogP contribution is -2.27. The molecule has 2 N–H and O–H groups in total. The second-order valence-electron chi connectivity index (χ2n) is 5.76. The summed E-state index contributed by atoms with van der Waals surface area (Å²) in [6, 6.07) is 0. The monoisotopic (exact) mass is 314 g/mol. The first-order valence-electron chi connectivity index (χ1n) is 6.58. The van der Waals surface area contributed by atoms with Gasteiger partial charge >= 0.3 is 12.1 Å². The van der Waals surface area contributed by atoms with Gasteiger partial charge in [0.05, 0.1) is 12.3 Å². The second-order valence-corrected chi connectivity index (χ2v) is 6.54. The number of nitrogens with one attached hydrogen (secondary N) is 1. The number of hydrogen-bond acceptors (Lipinski definition) is 6. The maximum atomic E-state index is 11.8. The summed E-state index contributed by atoms with van der Waals surface area (Å²) in [5.41, 5.74) is -0.155. The molecule has 21 heavy (non-hydrogen) atoms. The molecule has 1 fully saturated rings. The van der Waals surface area contributed by atoms with E-state index >= 15 is 0 Å². The van der Waals surface area contributed by atoms with Crippen molar-refractivity contribution in [1.82, 2.24) is 4.37 Å². The number of nitrogens with zero attached hydrogens (tertiary/aromatic N) is 1. The van der Waals surface area contributed by atoms with Crippen molar-refractivity contribution in [3.63, 3.8) is 0 Å². The highest BCUT2D eigenvalue weighted by atomic mass is 32.1. The maximum Gasteiger partial charge on any atom is 0.412 e. The van der Waals surface area contributed by atoms with Gasteiger partial charge in [-0.2, -0.15) is 4.37 Å². The summed E-state index contributed by atoms with van der Waals surface area (Å²) in [5.74, 6) is -1.15. The van der Waals surface area contributed by atoms with Crippen LogP contribution >= 0.6 is 11.5 Å². The van der Waals surface area contributed by atoms with Crippen molar-refractivity contribution in [2.24, 2.45) is 0 Å². The standard InChI is InChI=1S/C13H18N2O5S/c1-13(2,3)20-12(18)14-10-8(11(16)17)9(15-21-10)7-4-5-19-6-7/h7H,4-6H2,1-3H3,(H,14,18)(H,16,17). The highest BCUT2D eigenvalue weighted by molar-refractivity contribution is 7.11. The molecule has 0 bridgehead atoms. The van der Waals surface area contributed by atoms with Crippen LogP contribution in [0.1, 0.15) is 49.2 Å². The van der Waals surface area contributed by atoms with Crippen molar-refractivity contribution in [2.75, 3.05) is 18.5 Å². The zero-order valence-electron chi connectivity index (χ0n) is 12.1. The molecule has 0 spiro atoms. The summed E-state index contributed by atoms with van der Waals surface area (Å²) in [7, 11) is 0. The van der Waals surface area contributed by atoms with Crippen molar-refractivity contribution < 1.29 is 24.2 Å².